The zero-order valence-electron chi connectivity index (χ0n) is 14.2. The van der Waals surface area contributed by atoms with E-state index < -0.39 is 5.91 Å². The predicted octanol–water partition coefficient (Wildman–Crippen LogP) is 2.70. The van der Waals surface area contributed by atoms with Gasteiger partial charge < -0.3 is 5.73 Å². The lowest BCUT2D eigenvalue weighted by atomic mass is 9.99. The molecule has 0 radical (unpaired) electrons. The van der Waals surface area contributed by atoms with Crippen LogP contribution in [-0.4, -0.2) is 26.4 Å². The SMILES string of the molecule is Cc1ccc(C2=NCc3nnc(C)n3-c3sc(C(N)=O)c(C)c32)cc1. The first-order valence-electron chi connectivity index (χ1n) is 7.93. The number of carbonyl (C=O) groups excluding carboxylic acids is 1. The molecular weight excluding hydrogens is 334 g/mol. The summed E-state index contributed by atoms with van der Waals surface area (Å²) in [6.45, 7) is 6.31. The molecule has 4 rings (SSSR count). The van der Waals surface area contributed by atoms with Crippen LogP contribution in [0.15, 0.2) is 29.3 Å². The lowest BCUT2D eigenvalue weighted by Crippen LogP contribution is -2.12. The number of rotatable bonds is 2. The summed E-state index contributed by atoms with van der Waals surface area (Å²) in [5.41, 5.74) is 10.4. The molecule has 0 saturated heterocycles. The van der Waals surface area contributed by atoms with Crippen LogP contribution in [0.25, 0.3) is 5.00 Å². The molecule has 3 aromatic rings. The van der Waals surface area contributed by atoms with Crippen LogP contribution in [0.3, 0.4) is 0 Å². The van der Waals surface area contributed by atoms with Gasteiger partial charge in [-0.1, -0.05) is 29.8 Å². The van der Waals surface area contributed by atoms with Gasteiger partial charge in [-0.2, -0.15) is 0 Å². The number of amides is 1. The minimum atomic E-state index is -0.425. The van der Waals surface area contributed by atoms with Crippen molar-refractivity contribution in [3.63, 3.8) is 0 Å². The number of thiophene rings is 1. The molecule has 0 unspecified atom stereocenters. The number of nitrogens with zero attached hydrogens (tertiary/aromatic N) is 4. The highest BCUT2D eigenvalue weighted by molar-refractivity contribution is 7.17. The third-order valence-corrected chi connectivity index (χ3v) is 5.68. The van der Waals surface area contributed by atoms with Crippen LogP contribution in [0.4, 0.5) is 0 Å². The molecule has 126 valence electrons. The zero-order valence-corrected chi connectivity index (χ0v) is 15.0. The van der Waals surface area contributed by atoms with Crippen LogP contribution < -0.4 is 5.73 Å². The van der Waals surface area contributed by atoms with E-state index in [1.807, 2.05) is 18.4 Å². The molecule has 2 aromatic heterocycles. The minimum Gasteiger partial charge on any atom is -0.365 e. The lowest BCUT2D eigenvalue weighted by Gasteiger charge is -2.09. The molecule has 0 aliphatic carbocycles. The number of aryl methyl sites for hydroxylation is 2. The van der Waals surface area contributed by atoms with E-state index in [4.69, 9.17) is 10.7 Å². The van der Waals surface area contributed by atoms with Gasteiger partial charge in [-0.3, -0.25) is 14.4 Å². The van der Waals surface area contributed by atoms with Crippen molar-refractivity contribution in [3.05, 3.63) is 63.0 Å². The standard InChI is InChI=1S/C18H17N5OS/c1-9-4-6-12(7-5-9)15-14-10(2)16(17(19)24)25-18(14)23-11(3)21-22-13(23)8-20-15/h4-7H,8H2,1-3H3,(H2,19,24). The molecule has 1 aliphatic rings. The van der Waals surface area contributed by atoms with Crippen LogP contribution in [0.5, 0.6) is 0 Å². The number of nitrogens with two attached hydrogens (primary N) is 1. The monoisotopic (exact) mass is 351 g/mol. The van der Waals surface area contributed by atoms with Crippen LogP contribution in [-0.2, 0) is 6.54 Å². The second-order valence-electron chi connectivity index (χ2n) is 6.13. The summed E-state index contributed by atoms with van der Waals surface area (Å²) in [6.07, 6.45) is 0. The third kappa shape index (κ3) is 2.39. The van der Waals surface area contributed by atoms with Gasteiger partial charge in [-0.25, -0.2) is 0 Å². The molecule has 1 aliphatic heterocycles. The number of hydrogen-bond acceptors (Lipinski definition) is 5. The smallest absolute Gasteiger partial charge is 0.259 e. The first kappa shape index (κ1) is 15.7. The summed E-state index contributed by atoms with van der Waals surface area (Å²) >= 11 is 1.37. The molecule has 7 heteroatoms. The maximum atomic E-state index is 11.9. The quantitative estimate of drug-likeness (QED) is 0.770. The Morgan fingerprint density at radius 2 is 1.88 bits per heavy atom. The van der Waals surface area contributed by atoms with Gasteiger partial charge in [0.2, 0.25) is 0 Å². The van der Waals surface area contributed by atoms with Gasteiger partial charge in [0.1, 0.15) is 17.4 Å². The number of primary amides is 1. The van der Waals surface area contributed by atoms with Crippen molar-refractivity contribution < 1.29 is 4.79 Å². The average Bonchev–Trinajstić information content (AvgIpc) is 3.05. The summed E-state index contributed by atoms with van der Waals surface area (Å²) in [4.78, 5) is 17.2. The Kier molecular flexibility index (Phi) is 3.54. The van der Waals surface area contributed by atoms with E-state index in [0.29, 0.717) is 11.4 Å². The van der Waals surface area contributed by atoms with E-state index in [-0.39, 0.29) is 0 Å². The Hall–Kier alpha value is -2.80. The Morgan fingerprint density at radius 3 is 2.56 bits per heavy atom. The van der Waals surface area contributed by atoms with Gasteiger partial charge in [0, 0.05) is 11.1 Å². The number of benzene rings is 1. The van der Waals surface area contributed by atoms with E-state index in [1.165, 1.54) is 16.9 Å². The Bertz CT molecular complexity index is 1030. The van der Waals surface area contributed by atoms with Gasteiger partial charge in [0.05, 0.1) is 10.6 Å². The molecule has 2 N–H and O–H groups in total. The molecule has 1 aromatic carbocycles. The minimum absolute atomic E-state index is 0.425. The third-order valence-electron chi connectivity index (χ3n) is 4.39. The van der Waals surface area contributed by atoms with Gasteiger partial charge in [-0.15, -0.1) is 21.5 Å². The van der Waals surface area contributed by atoms with Gasteiger partial charge in [0.25, 0.3) is 5.91 Å². The highest BCUT2D eigenvalue weighted by Crippen LogP contribution is 2.36. The summed E-state index contributed by atoms with van der Waals surface area (Å²) in [6, 6.07) is 8.23. The average molecular weight is 351 g/mol. The molecule has 1 amide bonds. The molecule has 0 fully saturated rings. The van der Waals surface area contributed by atoms with Crippen molar-refractivity contribution in [2.45, 2.75) is 27.3 Å². The molecule has 25 heavy (non-hydrogen) atoms. The maximum absolute atomic E-state index is 11.9. The van der Waals surface area contributed by atoms with Crippen molar-refractivity contribution >= 4 is 23.0 Å². The predicted molar refractivity (Wildman–Crippen MR) is 97.7 cm³/mol. The molecule has 6 nitrogen and oxygen atoms in total. The summed E-state index contributed by atoms with van der Waals surface area (Å²) < 4.78 is 1.98. The highest BCUT2D eigenvalue weighted by Gasteiger charge is 2.28. The van der Waals surface area contributed by atoms with E-state index in [0.717, 1.165) is 39.1 Å². The largest absolute Gasteiger partial charge is 0.365 e. The molecule has 0 bridgehead atoms. The van der Waals surface area contributed by atoms with Crippen LogP contribution in [0.1, 0.15) is 43.6 Å². The fourth-order valence-corrected chi connectivity index (χ4v) is 4.35. The number of hydrogen-bond donors (Lipinski definition) is 1. The molecule has 3 heterocycles. The van der Waals surface area contributed by atoms with E-state index >= 15 is 0 Å². The lowest BCUT2D eigenvalue weighted by molar-refractivity contribution is 0.100. The first-order valence-corrected chi connectivity index (χ1v) is 8.75. The van der Waals surface area contributed by atoms with Crippen molar-refractivity contribution in [3.8, 4) is 5.00 Å². The topological polar surface area (TPSA) is 86.2 Å². The number of carbonyl (C=O) groups is 1. The Morgan fingerprint density at radius 1 is 1.16 bits per heavy atom. The molecule has 0 spiro atoms. The normalized spacial score (nSPS) is 13.0. The summed E-state index contributed by atoms with van der Waals surface area (Å²) in [5, 5.41) is 9.31. The zero-order chi connectivity index (χ0) is 17.7. The molecule has 0 atom stereocenters. The van der Waals surface area contributed by atoms with E-state index in [1.54, 1.807) is 0 Å². The van der Waals surface area contributed by atoms with Crippen LogP contribution >= 0.6 is 11.3 Å². The first-order chi connectivity index (χ1) is 12.0. The van der Waals surface area contributed by atoms with Crippen molar-refractivity contribution in [2.75, 3.05) is 0 Å². The van der Waals surface area contributed by atoms with Crippen molar-refractivity contribution in [1.82, 2.24) is 14.8 Å². The van der Waals surface area contributed by atoms with Gasteiger partial charge in [0.15, 0.2) is 5.82 Å². The summed E-state index contributed by atoms with van der Waals surface area (Å²) in [7, 11) is 0. The van der Waals surface area contributed by atoms with Crippen LogP contribution in [0.2, 0.25) is 0 Å². The molecule has 0 saturated carbocycles. The highest BCUT2D eigenvalue weighted by atomic mass is 32.1. The van der Waals surface area contributed by atoms with E-state index in [2.05, 4.69) is 41.4 Å². The Balaban J connectivity index is 2.03. The fourth-order valence-electron chi connectivity index (χ4n) is 3.12. The maximum Gasteiger partial charge on any atom is 0.259 e. The van der Waals surface area contributed by atoms with Gasteiger partial charge >= 0.3 is 0 Å². The van der Waals surface area contributed by atoms with Crippen molar-refractivity contribution in [1.29, 1.82) is 0 Å². The van der Waals surface area contributed by atoms with Crippen LogP contribution in [0, 0.1) is 20.8 Å². The second kappa shape index (κ2) is 5.63. The van der Waals surface area contributed by atoms with Gasteiger partial charge in [-0.05, 0) is 26.3 Å². The van der Waals surface area contributed by atoms with E-state index in [9.17, 15) is 4.79 Å². The number of aliphatic imine (C=N–C) groups is 1. The Labute approximate surface area is 149 Å². The number of fused-ring (bicyclic) bond motifs is 3. The fraction of sp³-hybridized carbons (Fsp3) is 0.222. The number of aromatic nitrogens is 3. The van der Waals surface area contributed by atoms with Crippen molar-refractivity contribution in [2.24, 2.45) is 10.7 Å². The summed E-state index contributed by atoms with van der Waals surface area (Å²) in [5.74, 6) is 1.11. The molecular formula is C18H17N5OS. The second-order valence-corrected chi connectivity index (χ2v) is 7.13.